The molecule has 2 N–H and O–H groups in total. The second-order valence-corrected chi connectivity index (χ2v) is 7.09. The van der Waals surface area contributed by atoms with Crippen molar-refractivity contribution in [3.63, 3.8) is 0 Å². The van der Waals surface area contributed by atoms with Gasteiger partial charge in [0.1, 0.15) is 11.3 Å². The number of alkyl halides is 3. The van der Waals surface area contributed by atoms with Crippen LogP contribution in [0.2, 0.25) is 0 Å². The van der Waals surface area contributed by atoms with Crippen molar-refractivity contribution >= 4 is 11.7 Å². The quantitative estimate of drug-likeness (QED) is 0.477. The van der Waals surface area contributed by atoms with Gasteiger partial charge in [-0.2, -0.15) is 18.3 Å². The van der Waals surface area contributed by atoms with E-state index in [1.165, 1.54) is 14.0 Å². The number of hydrogen-bond donors (Lipinski definition) is 2. The van der Waals surface area contributed by atoms with E-state index in [1.54, 1.807) is 31.2 Å². The third kappa shape index (κ3) is 7.46. The lowest BCUT2D eigenvalue weighted by molar-refractivity contribution is -0.156. The number of nitrogens with one attached hydrogen (secondary N) is 1. The van der Waals surface area contributed by atoms with Gasteiger partial charge in [-0.05, 0) is 31.5 Å². The van der Waals surface area contributed by atoms with E-state index >= 15 is 0 Å². The maximum absolute atomic E-state index is 13.7. The van der Waals surface area contributed by atoms with E-state index in [0.717, 1.165) is 10.9 Å². The third-order valence-electron chi connectivity index (χ3n) is 4.42. The molecular formula is C21H26F3N3O6. The largest absolute Gasteiger partial charge is 0.497 e. The molecule has 0 spiro atoms. The number of aromatic nitrogens is 2. The van der Waals surface area contributed by atoms with Crippen LogP contribution in [0.5, 0.6) is 5.75 Å². The number of benzene rings is 1. The molecule has 1 aromatic carbocycles. The number of esters is 1. The number of aliphatic hydroxyl groups is 1. The summed E-state index contributed by atoms with van der Waals surface area (Å²) >= 11 is 0. The molecule has 0 bridgehead atoms. The third-order valence-corrected chi connectivity index (χ3v) is 4.42. The lowest BCUT2D eigenvalue weighted by atomic mass is 10.2. The summed E-state index contributed by atoms with van der Waals surface area (Å²) in [6.07, 6.45) is -5.51. The number of carbonyl (C=O) groups excluding carboxylic acids is 1. The van der Waals surface area contributed by atoms with Gasteiger partial charge in [-0.3, -0.25) is 4.79 Å². The second kappa shape index (κ2) is 11.7. The highest BCUT2D eigenvalue weighted by Crippen LogP contribution is 2.32. The van der Waals surface area contributed by atoms with Gasteiger partial charge in [0.05, 0.1) is 45.4 Å². The van der Waals surface area contributed by atoms with Crippen LogP contribution < -0.4 is 15.6 Å². The minimum atomic E-state index is -4.93. The summed E-state index contributed by atoms with van der Waals surface area (Å²) in [7, 11) is 1.48. The summed E-state index contributed by atoms with van der Waals surface area (Å²) in [6, 6.07) is 5.80. The van der Waals surface area contributed by atoms with E-state index in [1.807, 2.05) is 0 Å². The lowest BCUT2D eigenvalue weighted by Gasteiger charge is -2.20. The topological polar surface area (TPSA) is 112 Å². The van der Waals surface area contributed by atoms with Crippen molar-refractivity contribution in [2.75, 3.05) is 32.2 Å². The Morgan fingerprint density at radius 1 is 1.24 bits per heavy atom. The van der Waals surface area contributed by atoms with Crippen LogP contribution in [-0.2, 0) is 27.0 Å². The summed E-state index contributed by atoms with van der Waals surface area (Å²) in [4.78, 5) is 23.9. The fourth-order valence-electron chi connectivity index (χ4n) is 2.86. The first-order chi connectivity index (χ1) is 15.6. The highest BCUT2D eigenvalue weighted by atomic mass is 19.4. The average Bonchev–Trinajstić information content (AvgIpc) is 2.75. The number of hydrogen-bond acceptors (Lipinski definition) is 8. The highest BCUT2D eigenvalue weighted by molar-refractivity contribution is 5.74. The van der Waals surface area contributed by atoms with Gasteiger partial charge in [0.15, 0.2) is 6.10 Å². The Morgan fingerprint density at radius 3 is 2.48 bits per heavy atom. The minimum Gasteiger partial charge on any atom is -0.497 e. The molecule has 2 rings (SSSR count). The van der Waals surface area contributed by atoms with Crippen molar-refractivity contribution in [1.82, 2.24) is 9.78 Å². The maximum atomic E-state index is 13.7. The number of anilines is 1. The summed E-state index contributed by atoms with van der Waals surface area (Å²) in [5.41, 5.74) is -2.61. The molecule has 0 saturated carbocycles. The van der Waals surface area contributed by atoms with Gasteiger partial charge in [-0.15, -0.1) is 0 Å². The molecular weight excluding hydrogens is 447 g/mol. The van der Waals surface area contributed by atoms with Crippen molar-refractivity contribution < 1.29 is 37.3 Å². The van der Waals surface area contributed by atoms with Gasteiger partial charge in [0.25, 0.3) is 5.56 Å². The predicted molar refractivity (Wildman–Crippen MR) is 112 cm³/mol. The Balaban J connectivity index is 2.12. The van der Waals surface area contributed by atoms with Crippen molar-refractivity contribution in [3.8, 4) is 5.75 Å². The molecule has 2 atom stereocenters. The van der Waals surface area contributed by atoms with Gasteiger partial charge >= 0.3 is 12.1 Å². The number of ether oxygens (including phenoxy) is 3. The molecule has 0 aliphatic rings. The van der Waals surface area contributed by atoms with E-state index in [0.29, 0.717) is 11.3 Å². The average molecular weight is 473 g/mol. The number of methoxy groups -OCH3 is 1. The van der Waals surface area contributed by atoms with Gasteiger partial charge < -0.3 is 24.6 Å². The molecule has 182 valence electrons. The van der Waals surface area contributed by atoms with Gasteiger partial charge in [-0.25, -0.2) is 9.48 Å². The molecule has 1 heterocycles. The maximum Gasteiger partial charge on any atom is 0.423 e. The molecule has 0 aliphatic heterocycles. The number of carbonyl (C=O) groups is 1. The van der Waals surface area contributed by atoms with E-state index in [-0.39, 0.29) is 19.8 Å². The number of nitrogens with zero attached hydrogens (tertiary/aromatic N) is 2. The molecule has 0 fully saturated rings. The Labute approximate surface area is 188 Å². The fourth-order valence-corrected chi connectivity index (χ4v) is 2.86. The number of rotatable bonds is 11. The van der Waals surface area contributed by atoms with E-state index in [4.69, 9.17) is 9.47 Å². The van der Waals surface area contributed by atoms with Crippen LogP contribution in [0.4, 0.5) is 18.9 Å². The molecule has 33 heavy (non-hydrogen) atoms. The van der Waals surface area contributed by atoms with E-state index in [2.05, 4.69) is 15.2 Å². The zero-order valence-electron chi connectivity index (χ0n) is 18.4. The first kappa shape index (κ1) is 26.1. The molecule has 9 nitrogen and oxygen atoms in total. The molecule has 2 aromatic rings. The second-order valence-electron chi connectivity index (χ2n) is 7.09. The van der Waals surface area contributed by atoms with Crippen LogP contribution in [-0.4, -0.2) is 59.9 Å². The number of aliphatic hydroxyl groups excluding tert-OH is 1. The predicted octanol–water partition coefficient (Wildman–Crippen LogP) is 2.06. The Bertz CT molecular complexity index is 979. The van der Waals surface area contributed by atoms with E-state index in [9.17, 15) is 27.9 Å². The van der Waals surface area contributed by atoms with Gasteiger partial charge in [0, 0.05) is 6.04 Å². The van der Waals surface area contributed by atoms with Gasteiger partial charge in [0.2, 0.25) is 0 Å². The standard InChI is InChI=1S/C21H26F3N3O6/c1-4-33-20(30)17(28)12-32-11-13(2)26-16-9-25-27(19(29)18(16)21(22,23)24)10-14-5-7-15(31-3)8-6-14/h5-9,13,17,26,28H,4,10-12H2,1-3H3/t13-,17+/m0/s1. The van der Waals surface area contributed by atoms with Crippen LogP contribution in [0, 0.1) is 0 Å². The van der Waals surface area contributed by atoms with Crippen LogP contribution in [0.3, 0.4) is 0 Å². The SMILES string of the molecule is CCOC(=O)[C@H](O)COC[C@H](C)Nc1cnn(Cc2ccc(OC)cc2)c(=O)c1C(F)(F)F. The van der Waals surface area contributed by atoms with Gasteiger partial charge in [-0.1, -0.05) is 12.1 Å². The zero-order valence-corrected chi connectivity index (χ0v) is 18.4. The molecule has 0 saturated heterocycles. The number of halogens is 3. The first-order valence-corrected chi connectivity index (χ1v) is 10.1. The van der Waals surface area contributed by atoms with Crippen LogP contribution in [0.15, 0.2) is 35.3 Å². The lowest BCUT2D eigenvalue weighted by Crippen LogP contribution is -2.34. The zero-order chi connectivity index (χ0) is 24.6. The smallest absolute Gasteiger partial charge is 0.423 e. The van der Waals surface area contributed by atoms with Crippen molar-refractivity contribution in [2.24, 2.45) is 0 Å². The molecule has 0 unspecified atom stereocenters. The molecule has 0 amide bonds. The van der Waals surface area contributed by atoms with Crippen molar-refractivity contribution in [3.05, 3.63) is 51.9 Å². The molecule has 0 radical (unpaired) electrons. The summed E-state index contributed by atoms with van der Waals surface area (Å²) in [5.74, 6) is -0.289. The Morgan fingerprint density at radius 2 is 1.91 bits per heavy atom. The Hall–Kier alpha value is -3.12. The highest BCUT2D eigenvalue weighted by Gasteiger charge is 2.38. The summed E-state index contributed by atoms with van der Waals surface area (Å²) in [6.45, 7) is 2.48. The summed E-state index contributed by atoms with van der Waals surface area (Å²) < 4.78 is 56.6. The molecule has 12 heteroatoms. The molecule has 1 aromatic heterocycles. The molecule has 0 aliphatic carbocycles. The first-order valence-electron chi connectivity index (χ1n) is 10.1. The fraction of sp³-hybridized carbons (Fsp3) is 0.476. The van der Waals surface area contributed by atoms with Crippen LogP contribution >= 0.6 is 0 Å². The van der Waals surface area contributed by atoms with Crippen molar-refractivity contribution in [1.29, 1.82) is 0 Å². The summed E-state index contributed by atoms with van der Waals surface area (Å²) in [5, 5.41) is 16.0. The Kier molecular flexibility index (Phi) is 9.23. The van der Waals surface area contributed by atoms with Crippen LogP contribution in [0.25, 0.3) is 0 Å². The van der Waals surface area contributed by atoms with E-state index < -0.39 is 47.7 Å². The normalized spacial score (nSPS) is 13.3. The minimum absolute atomic E-state index is 0.0884. The monoisotopic (exact) mass is 473 g/mol. The van der Waals surface area contributed by atoms with Crippen molar-refractivity contribution in [2.45, 2.75) is 38.7 Å². The van der Waals surface area contributed by atoms with Crippen LogP contribution in [0.1, 0.15) is 25.0 Å².